The van der Waals surface area contributed by atoms with E-state index in [1.807, 2.05) is 10.1 Å². The molecule has 0 unspecified atom stereocenters. The van der Waals surface area contributed by atoms with E-state index in [4.69, 9.17) is 5.41 Å². The van der Waals surface area contributed by atoms with E-state index in [2.05, 4.69) is 25.1 Å². The van der Waals surface area contributed by atoms with Crippen LogP contribution in [0.2, 0.25) is 0 Å². The molecule has 0 fully saturated rings. The molecule has 0 atom stereocenters. The van der Waals surface area contributed by atoms with Crippen LogP contribution in [-0.4, -0.2) is 10.2 Å². The van der Waals surface area contributed by atoms with Crippen molar-refractivity contribution in [3.05, 3.63) is 33.4 Å². The number of hydrogen-bond acceptors (Lipinski definition) is 1. The summed E-state index contributed by atoms with van der Waals surface area (Å²) in [6.07, 6.45) is 1.39. The van der Waals surface area contributed by atoms with Crippen LogP contribution in [0.15, 0.2) is 24.3 Å². The zero-order valence-corrected chi connectivity index (χ0v) is 8.50. The van der Waals surface area contributed by atoms with E-state index in [-0.39, 0.29) is 20.7 Å². The first kappa shape index (κ1) is 8.59. The van der Waals surface area contributed by atoms with E-state index >= 15 is 0 Å². The molecule has 0 spiro atoms. The van der Waals surface area contributed by atoms with E-state index in [1.54, 1.807) is 0 Å². The molecule has 0 aliphatic heterocycles. The fourth-order valence-corrected chi connectivity index (χ4v) is 2.43. The van der Waals surface area contributed by atoms with Crippen LogP contribution in [-0.2, 0) is 0 Å². The van der Waals surface area contributed by atoms with Crippen molar-refractivity contribution in [2.45, 2.75) is 6.92 Å². The van der Waals surface area contributed by atoms with Crippen molar-refractivity contribution >= 4 is 31.0 Å². The minimum Gasteiger partial charge on any atom is -0.308 e. The van der Waals surface area contributed by atoms with Gasteiger partial charge in [-0.15, -0.1) is 0 Å². The van der Waals surface area contributed by atoms with Crippen LogP contribution in [0.4, 0.5) is 0 Å². The molecule has 58 valence electrons. The second-order valence-electron chi connectivity index (χ2n) is 2.15. The molecule has 0 saturated carbocycles. The zero-order valence-electron chi connectivity index (χ0n) is 6.34. The molecule has 0 heterocycles. The Hall–Kier alpha value is -0.510. The normalized spacial score (nSPS) is 11.0. The molecule has 0 aliphatic carbocycles. The van der Waals surface area contributed by atoms with Crippen molar-refractivity contribution in [3.63, 3.8) is 0 Å². The predicted molar refractivity (Wildman–Crippen MR) is 58.7 cm³/mol. The van der Waals surface area contributed by atoms with Gasteiger partial charge in [0.1, 0.15) is 0 Å². The molecule has 1 aromatic rings. The topological polar surface area (TPSA) is 23.9 Å². The third-order valence-electron chi connectivity index (χ3n) is 1.32. The highest BCUT2D eigenvalue weighted by Crippen LogP contribution is 2.14. The van der Waals surface area contributed by atoms with Crippen LogP contribution in [0.3, 0.4) is 0 Å². The smallest absolute Gasteiger partial charge is 0.0234 e. The van der Waals surface area contributed by atoms with Crippen LogP contribution in [0.25, 0.3) is 0 Å². The second kappa shape index (κ2) is 4.38. The van der Waals surface area contributed by atoms with Crippen molar-refractivity contribution in [1.82, 2.24) is 0 Å². The number of halogens is 1. The summed E-state index contributed by atoms with van der Waals surface area (Å²) < 4.78 is 3.37. The predicted octanol–water partition coefficient (Wildman–Crippen LogP) is 2.59. The summed E-state index contributed by atoms with van der Waals surface area (Å²) in [6, 6.07) is 8.36. The van der Waals surface area contributed by atoms with Gasteiger partial charge in [0.2, 0.25) is 0 Å². The van der Waals surface area contributed by atoms with Gasteiger partial charge in [-0.05, 0) is 22.6 Å². The van der Waals surface area contributed by atoms with Gasteiger partial charge in [-0.2, -0.15) is 0 Å². The summed E-state index contributed by atoms with van der Waals surface area (Å²) in [5, 5.41) is 6.87. The first-order valence-electron chi connectivity index (χ1n) is 3.36. The van der Waals surface area contributed by atoms with Crippen molar-refractivity contribution in [3.8, 4) is 0 Å². The Labute approximate surface area is 76.7 Å². The van der Waals surface area contributed by atoms with Gasteiger partial charge in [-0.25, -0.2) is 0 Å². The van der Waals surface area contributed by atoms with Gasteiger partial charge in [0.25, 0.3) is 0 Å². The molecule has 0 bridgehead atoms. The summed E-state index contributed by atoms with van der Waals surface area (Å²) in [5.74, 6) is 0. The minimum absolute atomic E-state index is 0.0631. The van der Waals surface area contributed by atoms with E-state index in [0.29, 0.717) is 0 Å². The lowest BCUT2D eigenvalue weighted by Crippen LogP contribution is -1.78. The number of hydrogen-bond donors (Lipinski definition) is 1. The molecule has 0 amide bonds. The summed E-state index contributed by atoms with van der Waals surface area (Å²) in [7, 11) is 0. The van der Waals surface area contributed by atoms with E-state index in [9.17, 15) is 0 Å². The highest BCUT2D eigenvalue weighted by Gasteiger charge is 1.89. The highest BCUT2D eigenvalue weighted by atomic mass is 127. The number of rotatable bonds is 2. The molecule has 1 rings (SSSR count). The van der Waals surface area contributed by atoms with Crippen LogP contribution in [0.5, 0.6) is 0 Å². The molecule has 0 saturated heterocycles. The molecular formula is C9H10IN. The molecule has 1 aromatic carbocycles. The van der Waals surface area contributed by atoms with Gasteiger partial charge >= 0.3 is 0 Å². The van der Waals surface area contributed by atoms with Crippen LogP contribution >= 0.6 is 20.7 Å². The lowest BCUT2D eigenvalue weighted by Gasteiger charge is -1.95. The largest absolute Gasteiger partial charge is 0.308 e. The van der Waals surface area contributed by atoms with Gasteiger partial charge in [-0.3, -0.25) is 0 Å². The number of aryl methyl sites for hydroxylation is 1. The standard InChI is InChI=1S/C9H10IN/c1-8-4-2-3-5-9(8)10-6-7-11/h2-7,11H,1H3. The average Bonchev–Trinajstić information content (AvgIpc) is 2.03. The van der Waals surface area contributed by atoms with Crippen LogP contribution in [0.1, 0.15) is 5.56 Å². The molecule has 1 N–H and O–H groups in total. The first-order chi connectivity index (χ1) is 5.34. The summed E-state index contributed by atoms with van der Waals surface area (Å²) in [6.45, 7) is 2.12. The molecule has 0 aromatic heterocycles. The van der Waals surface area contributed by atoms with Gasteiger partial charge in [-0.1, -0.05) is 38.9 Å². The Bertz CT molecular complexity index is 279. The maximum Gasteiger partial charge on any atom is 0.0234 e. The van der Waals surface area contributed by atoms with Gasteiger partial charge in [0, 0.05) is 9.78 Å². The molecule has 11 heavy (non-hydrogen) atoms. The monoisotopic (exact) mass is 259 g/mol. The Morgan fingerprint density at radius 1 is 1.36 bits per heavy atom. The Morgan fingerprint density at radius 3 is 2.73 bits per heavy atom. The Morgan fingerprint density at radius 2 is 2.09 bits per heavy atom. The highest BCUT2D eigenvalue weighted by molar-refractivity contribution is 14.2. The number of benzene rings is 1. The molecular weight excluding hydrogens is 249 g/mol. The van der Waals surface area contributed by atoms with Gasteiger partial charge < -0.3 is 5.41 Å². The number of nitrogens with one attached hydrogen (secondary N) is 1. The third-order valence-corrected chi connectivity index (χ3v) is 3.92. The SMILES string of the molecule is Cc1ccccc1I=CC=N. The van der Waals surface area contributed by atoms with Crippen LogP contribution in [0, 0.1) is 15.9 Å². The summed E-state index contributed by atoms with van der Waals surface area (Å²) >= 11 is -0.0631. The second-order valence-corrected chi connectivity index (χ2v) is 4.66. The third kappa shape index (κ3) is 2.54. The average molecular weight is 259 g/mol. The fourth-order valence-electron chi connectivity index (χ4n) is 0.773. The fraction of sp³-hybridized carbons (Fsp3) is 0.111. The van der Waals surface area contributed by atoms with Gasteiger partial charge in [0.15, 0.2) is 0 Å². The van der Waals surface area contributed by atoms with E-state index in [1.165, 1.54) is 15.3 Å². The first-order valence-corrected chi connectivity index (χ1v) is 5.68. The maximum absolute atomic E-state index is 6.87. The van der Waals surface area contributed by atoms with Crippen molar-refractivity contribution in [2.24, 2.45) is 0 Å². The molecule has 0 radical (unpaired) electrons. The summed E-state index contributed by atoms with van der Waals surface area (Å²) in [4.78, 5) is 0. The van der Waals surface area contributed by atoms with Crippen LogP contribution < -0.4 is 0 Å². The van der Waals surface area contributed by atoms with Crippen molar-refractivity contribution in [2.75, 3.05) is 0 Å². The summed E-state index contributed by atoms with van der Waals surface area (Å²) in [5.41, 5.74) is 1.35. The lowest BCUT2D eigenvalue weighted by molar-refractivity contribution is 1.43. The molecule has 2 heteroatoms. The minimum atomic E-state index is -0.0631. The Kier molecular flexibility index (Phi) is 3.42. The van der Waals surface area contributed by atoms with E-state index in [0.717, 1.165) is 0 Å². The quantitative estimate of drug-likeness (QED) is 0.623. The molecule has 1 nitrogen and oxygen atoms in total. The zero-order chi connectivity index (χ0) is 8.10. The maximum atomic E-state index is 6.87. The van der Waals surface area contributed by atoms with E-state index < -0.39 is 0 Å². The molecule has 0 aliphatic rings. The lowest BCUT2D eigenvalue weighted by atomic mass is 10.2. The van der Waals surface area contributed by atoms with Gasteiger partial charge in [0.05, 0.1) is 0 Å². The van der Waals surface area contributed by atoms with Crippen molar-refractivity contribution < 1.29 is 0 Å². The Balaban J connectivity index is 2.94. The van der Waals surface area contributed by atoms with Crippen molar-refractivity contribution in [1.29, 1.82) is 5.41 Å².